The molecule has 0 aliphatic carbocycles. The van der Waals surface area contributed by atoms with Crippen molar-refractivity contribution >= 4 is 24.4 Å². The van der Waals surface area contributed by atoms with Crippen molar-refractivity contribution in [2.24, 2.45) is 0 Å². The second-order valence-electron chi connectivity index (χ2n) is 6.21. The zero-order chi connectivity index (χ0) is 15.8. The molecule has 2 rings (SSSR count). The summed E-state index contributed by atoms with van der Waals surface area (Å²) in [5.74, 6) is 0. The van der Waals surface area contributed by atoms with Crippen molar-refractivity contribution in [2.75, 3.05) is 11.4 Å². The van der Waals surface area contributed by atoms with Crippen molar-refractivity contribution in [1.82, 2.24) is 0 Å². The van der Waals surface area contributed by atoms with Gasteiger partial charge < -0.3 is 14.4 Å². The molecule has 21 heavy (non-hydrogen) atoms. The van der Waals surface area contributed by atoms with Crippen LogP contribution in [0.4, 0.5) is 10.5 Å². The molecule has 1 aliphatic heterocycles. The van der Waals surface area contributed by atoms with Gasteiger partial charge in [-0.2, -0.15) is 0 Å². The van der Waals surface area contributed by atoms with Crippen LogP contribution < -0.4 is 10.4 Å². The summed E-state index contributed by atoms with van der Waals surface area (Å²) in [6.07, 6.45) is -0.958. The average molecular weight is 291 g/mol. The van der Waals surface area contributed by atoms with E-state index in [2.05, 4.69) is 0 Å². The fraction of sp³-hybridized carbons (Fsp3) is 0.533. The monoisotopic (exact) mass is 291 g/mol. The lowest BCUT2D eigenvalue weighted by molar-refractivity contribution is 0.00578. The first-order chi connectivity index (χ1) is 9.68. The number of benzene rings is 1. The van der Waals surface area contributed by atoms with Gasteiger partial charge in [-0.25, -0.2) is 4.79 Å². The first kappa shape index (κ1) is 15.9. The maximum absolute atomic E-state index is 11.1. The molecule has 0 aromatic heterocycles. The van der Waals surface area contributed by atoms with Crippen LogP contribution in [0.25, 0.3) is 0 Å². The van der Waals surface area contributed by atoms with Gasteiger partial charge in [0.25, 0.3) is 0 Å². The lowest BCUT2D eigenvalue weighted by Gasteiger charge is -2.32. The van der Waals surface area contributed by atoms with Crippen molar-refractivity contribution < 1.29 is 19.2 Å². The highest BCUT2D eigenvalue weighted by Gasteiger charge is 2.51. The van der Waals surface area contributed by atoms with E-state index in [0.29, 0.717) is 12.2 Å². The van der Waals surface area contributed by atoms with Gasteiger partial charge in [-0.05, 0) is 52.2 Å². The van der Waals surface area contributed by atoms with Crippen molar-refractivity contribution in [1.29, 1.82) is 0 Å². The Morgan fingerprint density at radius 3 is 2.00 bits per heavy atom. The molecule has 1 aromatic carbocycles. The van der Waals surface area contributed by atoms with Crippen LogP contribution in [-0.4, -0.2) is 36.1 Å². The summed E-state index contributed by atoms with van der Waals surface area (Å²) >= 11 is 0. The predicted molar refractivity (Wildman–Crippen MR) is 83.2 cm³/mol. The minimum absolute atomic E-state index is 0.382. The van der Waals surface area contributed by atoms with Crippen LogP contribution in [0.15, 0.2) is 24.3 Å². The normalized spacial score (nSPS) is 19.6. The first-order valence-corrected chi connectivity index (χ1v) is 7.14. The number of carboxylic acid groups (broad SMARTS) is 1. The van der Waals surface area contributed by atoms with E-state index in [0.717, 1.165) is 5.46 Å². The Morgan fingerprint density at radius 2 is 1.62 bits per heavy atom. The highest BCUT2D eigenvalue weighted by atomic mass is 16.7. The molecule has 1 fully saturated rings. The van der Waals surface area contributed by atoms with Crippen LogP contribution in [0.2, 0.25) is 0 Å². The molecular formula is C15H22BNO4. The van der Waals surface area contributed by atoms with E-state index in [1.54, 1.807) is 19.1 Å². The molecule has 0 radical (unpaired) electrons. The third kappa shape index (κ3) is 2.92. The van der Waals surface area contributed by atoms with Crippen LogP contribution in [-0.2, 0) is 9.31 Å². The third-order valence-corrected chi connectivity index (χ3v) is 4.28. The molecule has 0 bridgehead atoms. The number of amides is 1. The van der Waals surface area contributed by atoms with E-state index in [-0.39, 0.29) is 11.2 Å². The van der Waals surface area contributed by atoms with E-state index in [1.165, 1.54) is 4.90 Å². The van der Waals surface area contributed by atoms with Gasteiger partial charge >= 0.3 is 13.2 Å². The summed E-state index contributed by atoms with van der Waals surface area (Å²) in [4.78, 5) is 12.4. The molecule has 0 atom stereocenters. The van der Waals surface area contributed by atoms with Gasteiger partial charge in [0.1, 0.15) is 0 Å². The van der Waals surface area contributed by atoms with Gasteiger partial charge in [-0.3, -0.25) is 4.90 Å². The molecule has 0 spiro atoms. The van der Waals surface area contributed by atoms with Gasteiger partial charge in [0.2, 0.25) is 0 Å². The molecule has 0 unspecified atom stereocenters. The fourth-order valence-corrected chi connectivity index (χ4v) is 2.22. The van der Waals surface area contributed by atoms with Crippen LogP contribution >= 0.6 is 0 Å². The second-order valence-corrected chi connectivity index (χ2v) is 6.21. The highest BCUT2D eigenvalue weighted by Crippen LogP contribution is 2.36. The van der Waals surface area contributed by atoms with Crippen molar-refractivity contribution in [3.8, 4) is 0 Å². The second kappa shape index (κ2) is 5.35. The zero-order valence-corrected chi connectivity index (χ0v) is 13.2. The number of anilines is 1. The topological polar surface area (TPSA) is 59.0 Å². The number of hydrogen-bond acceptors (Lipinski definition) is 3. The largest absolute Gasteiger partial charge is 0.494 e. The molecule has 1 N–H and O–H groups in total. The molecule has 6 heteroatoms. The molecule has 1 heterocycles. The van der Waals surface area contributed by atoms with E-state index >= 15 is 0 Å². The summed E-state index contributed by atoms with van der Waals surface area (Å²) in [6, 6.07) is 7.25. The van der Waals surface area contributed by atoms with Crippen molar-refractivity contribution in [3.63, 3.8) is 0 Å². The van der Waals surface area contributed by atoms with Crippen LogP contribution in [0.5, 0.6) is 0 Å². The summed E-state index contributed by atoms with van der Waals surface area (Å²) in [7, 11) is -0.427. The first-order valence-electron chi connectivity index (χ1n) is 7.14. The molecule has 1 amide bonds. The number of nitrogens with zero attached hydrogens (tertiary/aromatic N) is 1. The zero-order valence-electron chi connectivity index (χ0n) is 13.2. The van der Waals surface area contributed by atoms with E-state index in [1.807, 2.05) is 39.8 Å². The minimum Gasteiger partial charge on any atom is -0.465 e. The van der Waals surface area contributed by atoms with E-state index in [9.17, 15) is 4.79 Å². The predicted octanol–water partition coefficient (Wildman–Crippen LogP) is 2.49. The maximum Gasteiger partial charge on any atom is 0.494 e. The fourth-order valence-electron chi connectivity index (χ4n) is 2.22. The summed E-state index contributed by atoms with van der Waals surface area (Å²) in [5.41, 5.74) is 0.767. The molecule has 0 saturated carbocycles. The molecule has 114 valence electrons. The quantitative estimate of drug-likeness (QED) is 0.869. The maximum atomic E-state index is 11.1. The molecule has 5 nitrogen and oxygen atoms in total. The average Bonchev–Trinajstić information content (AvgIpc) is 2.59. The molecular weight excluding hydrogens is 269 g/mol. The Morgan fingerprint density at radius 1 is 1.14 bits per heavy atom. The Bertz CT molecular complexity index is 511. The van der Waals surface area contributed by atoms with Gasteiger partial charge in [0.15, 0.2) is 0 Å². The number of carbonyl (C=O) groups is 1. The summed E-state index contributed by atoms with van der Waals surface area (Å²) in [5, 5.41) is 9.12. The smallest absolute Gasteiger partial charge is 0.465 e. The van der Waals surface area contributed by atoms with Gasteiger partial charge in [0.05, 0.1) is 11.2 Å². The lowest BCUT2D eigenvalue weighted by Crippen LogP contribution is -2.41. The standard InChI is InChI=1S/C15H22BNO4/c1-6-17(13(18)19)12-9-7-11(8-10-12)16-20-14(2,3)15(4,5)21-16/h7-10H,6H2,1-5H3,(H,18,19). The summed E-state index contributed by atoms with van der Waals surface area (Å²) in [6.45, 7) is 10.2. The summed E-state index contributed by atoms with van der Waals surface area (Å²) < 4.78 is 11.9. The van der Waals surface area contributed by atoms with Crippen LogP contribution in [0, 0.1) is 0 Å². The molecule has 1 aliphatic rings. The van der Waals surface area contributed by atoms with Crippen LogP contribution in [0.1, 0.15) is 34.6 Å². The van der Waals surface area contributed by atoms with Gasteiger partial charge in [-0.1, -0.05) is 12.1 Å². The number of hydrogen-bond donors (Lipinski definition) is 1. The van der Waals surface area contributed by atoms with E-state index < -0.39 is 13.2 Å². The van der Waals surface area contributed by atoms with Crippen molar-refractivity contribution in [3.05, 3.63) is 24.3 Å². The Kier molecular flexibility index (Phi) is 4.04. The lowest BCUT2D eigenvalue weighted by atomic mass is 9.79. The SMILES string of the molecule is CCN(C(=O)O)c1ccc(B2OC(C)(C)C(C)(C)O2)cc1. The highest BCUT2D eigenvalue weighted by molar-refractivity contribution is 6.62. The Hall–Kier alpha value is -1.53. The van der Waals surface area contributed by atoms with Gasteiger partial charge in [0, 0.05) is 12.2 Å². The minimum atomic E-state index is -0.958. The van der Waals surface area contributed by atoms with Gasteiger partial charge in [-0.15, -0.1) is 0 Å². The van der Waals surface area contributed by atoms with Crippen LogP contribution in [0.3, 0.4) is 0 Å². The molecule has 1 saturated heterocycles. The van der Waals surface area contributed by atoms with Crippen molar-refractivity contribution in [2.45, 2.75) is 45.8 Å². The number of rotatable bonds is 3. The Balaban J connectivity index is 2.19. The Labute approximate surface area is 126 Å². The van der Waals surface area contributed by atoms with E-state index in [4.69, 9.17) is 14.4 Å². The third-order valence-electron chi connectivity index (χ3n) is 4.28. The molecule has 1 aromatic rings.